The summed E-state index contributed by atoms with van der Waals surface area (Å²) in [5.74, 6) is 0.0730. The molecular weight excluding hydrogens is 328 g/mol. The molecule has 0 aromatic heterocycles. The van der Waals surface area contributed by atoms with E-state index in [1.807, 2.05) is 58.9 Å². The molecule has 7 heteroatoms. The van der Waals surface area contributed by atoms with Crippen LogP contribution in [0, 0.1) is 0 Å². The van der Waals surface area contributed by atoms with Crippen molar-refractivity contribution in [1.29, 1.82) is 0 Å². The van der Waals surface area contributed by atoms with Gasteiger partial charge in [0.1, 0.15) is 0 Å². The molecule has 0 radical (unpaired) electrons. The zero-order valence-electron chi connectivity index (χ0n) is 14.4. The van der Waals surface area contributed by atoms with Crippen LogP contribution >= 0.6 is 12.4 Å². The normalized spacial score (nSPS) is 13.9. The molecule has 0 atom stereocenters. The second-order valence-electron chi connectivity index (χ2n) is 5.54. The molecule has 1 aromatic rings. The first kappa shape index (κ1) is 20.1. The molecular formula is C17H27ClN4O2. The highest BCUT2D eigenvalue weighted by molar-refractivity contribution is 5.85. The van der Waals surface area contributed by atoms with Crippen molar-refractivity contribution in [3.05, 3.63) is 30.3 Å². The Morgan fingerprint density at radius 1 is 1.00 bits per heavy atom. The van der Waals surface area contributed by atoms with Gasteiger partial charge in [-0.2, -0.15) is 0 Å². The van der Waals surface area contributed by atoms with Gasteiger partial charge >= 0.3 is 6.03 Å². The lowest BCUT2D eigenvalue weighted by Crippen LogP contribution is -2.54. The van der Waals surface area contributed by atoms with Crippen LogP contribution in [0.1, 0.15) is 13.8 Å². The van der Waals surface area contributed by atoms with Gasteiger partial charge in [0.05, 0.1) is 6.54 Å². The van der Waals surface area contributed by atoms with Crippen LogP contribution in [0.4, 0.5) is 10.5 Å². The maximum atomic E-state index is 12.3. The summed E-state index contributed by atoms with van der Waals surface area (Å²) in [6.45, 7) is 8.09. The molecule has 1 aromatic carbocycles. The van der Waals surface area contributed by atoms with Gasteiger partial charge in [-0.05, 0) is 26.0 Å². The molecule has 0 spiro atoms. The fourth-order valence-electron chi connectivity index (χ4n) is 2.69. The first-order chi connectivity index (χ1) is 11.2. The molecule has 3 amide bonds. The maximum Gasteiger partial charge on any atom is 0.320 e. The summed E-state index contributed by atoms with van der Waals surface area (Å²) in [5, 5.41) is 3.13. The number of piperazine rings is 1. The third kappa shape index (κ3) is 5.30. The van der Waals surface area contributed by atoms with E-state index in [1.165, 1.54) is 0 Å². The molecule has 1 aliphatic rings. The van der Waals surface area contributed by atoms with Crippen molar-refractivity contribution in [2.75, 3.05) is 51.1 Å². The number of amides is 3. The Kier molecular flexibility index (Phi) is 8.40. The monoisotopic (exact) mass is 354 g/mol. The van der Waals surface area contributed by atoms with Gasteiger partial charge in [0, 0.05) is 45.0 Å². The number of benzene rings is 1. The highest BCUT2D eigenvalue weighted by Gasteiger charge is 2.25. The Balaban J connectivity index is 0.00000288. The summed E-state index contributed by atoms with van der Waals surface area (Å²) >= 11 is 0. The Bertz CT molecular complexity index is 515. The summed E-state index contributed by atoms with van der Waals surface area (Å²) in [4.78, 5) is 30.0. The number of anilines is 1. The first-order valence-electron chi connectivity index (χ1n) is 8.26. The van der Waals surface area contributed by atoms with Gasteiger partial charge in [0.25, 0.3) is 0 Å². The quantitative estimate of drug-likeness (QED) is 0.881. The third-order valence-corrected chi connectivity index (χ3v) is 4.15. The lowest BCUT2D eigenvalue weighted by atomic mass is 10.3. The molecule has 1 fully saturated rings. The van der Waals surface area contributed by atoms with Crippen molar-refractivity contribution >= 4 is 30.0 Å². The molecule has 6 nitrogen and oxygen atoms in total. The molecule has 0 aliphatic carbocycles. The van der Waals surface area contributed by atoms with Crippen molar-refractivity contribution in [2.24, 2.45) is 0 Å². The Morgan fingerprint density at radius 3 is 2.08 bits per heavy atom. The molecule has 0 unspecified atom stereocenters. The van der Waals surface area contributed by atoms with Crippen molar-refractivity contribution < 1.29 is 9.59 Å². The molecule has 1 saturated heterocycles. The van der Waals surface area contributed by atoms with Crippen molar-refractivity contribution in [3.8, 4) is 0 Å². The average molecular weight is 355 g/mol. The van der Waals surface area contributed by atoms with Gasteiger partial charge in [-0.3, -0.25) is 4.79 Å². The predicted molar refractivity (Wildman–Crippen MR) is 98.6 cm³/mol. The van der Waals surface area contributed by atoms with E-state index in [-0.39, 0.29) is 30.9 Å². The van der Waals surface area contributed by atoms with Gasteiger partial charge in [-0.25, -0.2) is 4.79 Å². The lowest BCUT2D eigenvalue weighted by Gasteiger charge is -2.37. The van der Waals surface area contributed by atoms with Crippen molar-refractivity contribution in [1.82, 2.24) is 14.7 Å². The van der Waals surface area contributed by atoms with Crippen LogP contribution in [-0.2, 0) is 4.79 Å². The number of para-hydroxylation sites is 1. The zero-order chi connectivity index (χ0) is 16.7. The minimum atomic E-state index is 0. The molecule has 0 saturated carbocycles. The molecule has 134 valence electrons. The Labute approximate surface area is 150 Å². The predicted octanol–water partition coefficient (Wildman–Crippen LogP) is 2.13. The summed E-state index contributed by atoms with van der Waals surface area (Å²) < 4.78 is 0. The number of hydrogen-bond donors (Lipinski definition) is 1. The SMILES string of the molecule is CCN(CC)C(=O)N1CCN(C(=O)CNc2ccccc2)CC1.Cl. The van der Waals surface area contributed by atoms with Gasteiger partial charge in [-0.1, -0.05) is 18.2 Å². The lowest BCUT2D eigenvalue weighted by molar-refractivity contribution is -0.130. The third-order valence-electron chi connectivity index (χ3n) is 4.15. The van der Waals surface area contributed by atoms with Gasteiger partial charge in [-0.15, -0.1) is 12.4 Å². The van der Waals surface area contributed by atoms with Crippen LogP contribution in [0.5, 0.6) is 0 Å². The summed E-state index contributed by atoms with van der Waals surface area (Å²) in [6, 6.07) is 9.76. The van der Waals surface area contributed by atoms with Gasteiger partial charge in [0.2, 0.25) is 5.91 Å². The smallest absolute Gasteiger partial charge is 0.320 e. The number of carbonyl (C=O) groups excluding carboxylic acids is 2. The van der Waals surface area contributed by atoms with Gasteiger partial charge < -0.3 is 20.0 Å². The van der Waals surface area contributed by atoms with Gasteiger partial charge in [0.15, 0.2) is 0 Å². The van der Waals surface area contributed by atoms with Crippen LogP contribution in [0.2, 0.25) is 0 Å². The number of rotatable bonds is 5. The number of halogens is 1. The summed E-state index contributed by atoms with van der Waals surface area (Å²) in [6.07, 6.45) is 0. The zero-order valence-corrected chi connectivity index (χ0v) is 15.2. The number of urea groups is 1. The molecule has 2 rings (SSSR count). The van der Waals surface area contributed by atoms with E-state index in [1.54, 1.807) is 0 Å². The molecule has 24 heavy (non-hydrogen) atoms. The first-order valence-corrected chi connectivity index (χ1v) is 8.26. The van der Waals surface area contributed by atoms with E-state index in [4.69, 9.17) is 0 Å². The fourth-order valence-corrected chi connectivity index (χ4v) is 2.69. The minimum absolute atomic E-state index is 0. The van der Waals surface area contributed by atoms with E-state index in [0.29, 0.717) is 26.2 Å². The van der Waals surface area contributed by atoms with Crippen molar-refractivity contribution in [3.63, 3.8) is 0 Å². The van der Waals surface area contributed by atoms with Crippen LogP contribution in [0.15, 0.2) is 30.3 Å². The number of hydrogen-bond acceptors (Lipinski definition) is 3. The topological polar surface area (TPSA) is 55.9 Å². The second-order valence-corrected chi connectivity index (χ2v) is 5.54. The molecule has 1 aliphatic heterocycles. The highest BCUT2D eigenvalue weighted by atomic mass is 35.5. The van der Waals surface area contributed by atoms with E-state index in [9.17, 15) is 9.59 Å². The van der Waals surface area contributed by atoms with Crippen LogP contribution < -0.4 is 5.32 Å². The van der Waals surface area contributed by atoms with Crippen LogP contribution in [0.25, 0.3) is 0 Å². The molecule has 0 bridgehead atoms. The summed E-state index contributed by atoms with van der Waals surface area (Å²) in [7, 11) is 0. The fraction of sp³-hybridized carbons (Fsp3) is 0.529. The number of carbonyl (C=O) groups is 2. The molecule has 1 N–H and O–H groups in total. The second kappa shape index (κ2) is 10.0. The molecule has 1 heterocycles. The van der Waals surface area contributed by atoms with Crippen molar-refractivity contribution in [2.45, 2.75) is 13.8 Å². The Hall–Kier alpha value is -1.95. The van der Waals surface area contributed by atoms with E-state index < -0.39 is 0 Å². The number of nitrogens with zero attached hydrogens (tertiary/aromatic N) is 3. The van der Waals surface area contributed by atoms with E-state index >= 15 is 0 Å². The highest BCUT2D eigenvalue weighted by Crippen LogP contribution is 2.08. The van der Waals surface area contributed by atoms with Crippen LogP contribution in [-0.4, -0.2) is 72.5 Å². The van der Waals surface area contributed by atoms with E-state index in [2.05, 4.69) is 5.32 Å². The summed E-state index contributed by atoms with van der Waals surface area (Å²) in [5.41, 5.74) is 0.941. The number of nitrogens with one attached hydrogen (secondary N) is 1. The minimum Gasteiger partial charge on any atom is -0.376 e. The van der Waals surface area contributed by atoms with Crippen LogP contribution in [0.3, 0.4) is 0 Å². The Morgan fingerprint density at radius 2 is 1.54 bits per heavy atom. The largest absolute Gasteiger partial charge is 0.376 e. The maximum absolute atomic E-state index is 12.3. The average Bonchev–Trinajstić information content (AvgIpc) is 2.61. The standard InChI is InChI=1S/C17H26N4O2.ClH/c1-3-19(4-2)17(23)21-12-10-20(11-13-21)16(22)14-18-15-8-6-5-7-9-15;/h5-9,18H,3-4,10-14H2,1-2H3;1H. The van der Waals surface area contributed by atoms with E-state index in [0.717, 1.165) is 18.8 Å².